The van der Waals surface area contributed by atoms with Crippen molar-refractivity contribution in [1.29, 1.82) is 0 Å². The summed E-state index contributed by atoms with van der Waals surface area (Å²) in [5.74, 6) is 1.56. The largest absolute Gasteiger partial charge is 0.508 e. The Balaban J connectivity index is 1.92. The monoisotopic (exact) mass is 397 g/mol. The Bertz CT molecular complexity index is 799. The van der Waals surface area contributed by atoms with Gasteiger partial charge in [0.25, 0.3) is 0 Å². The minimum atomic E-state index is -0.0648. The first-order chi connectivity index (χ1) is 14.0. The molecule has 2 rings (SSSR count). The van der Waals surface area contributed by atoms with Crippen LogP contribution in [0.15, 0.2) is 48.5 Å². The summed E-state index contributed by atoms with van der Waals surface area (Å²) in [5.41, 5.74) is 1.96. The van der Waals surface area contributed by atoms with E-state index in [1.165, 1.54) is 0 Å². The van der Waals surface area contributed by atoms with E-state index in [9.17, 15) is 9.90 Å². The molecule has 0 spiro atoms. The highest BCUT2D eigenvalue weighted by Gasteiger charge is 2.07. The maximum atomic E-state index is 12.4. The summed E-state index contributed by atoms with van der Waals surface area (Å²) in [7, 11) is 3.40. The van der Waals surface area contributed by atoms with E-state index in [1.54, 1.807) is 43.3 Å². The van der Waals surface area contributed by atoms with Crippen LogP contribution in [0.25, 0.3) is 6.08 Å². The number of carbonyl (C=O) groups excluding carboxylic acids is 1. The van der Waals surface area contributed by atoms with E-state index < -0.39 is 0 Å². The molecule has 0 atom stereocenters. The fraction of sp³-hybridized carbons (Fsp3) is 0.375. The van der Waals surface area contributed by atoms with E-state index in [0.29, 0.717) is 24.7 Å². The van der Waals surface area contributed by atoms with Gasteiger partial charge in [-0.15, -0.1) is 0 Å². The van der Waals surface area contributed by atoms with Crippen molar-refractivity contribution in [3.63, 3.8) is 0 Å². The second-order valence-electron chi connectivity index (χ2n) is 6.98. The first-order valence-electron chi connectivity index (χ1n) is 10.1. The first-order valence-corrected chi connectivity index (χ1v) is 10.1. The highest BCUT2D eigenvalue weighted by atomic mass is 16.5. The van der Waals surface area contributed by atoms with Gasteiger partial charge in [-0.3, -0.25) is 4.79 Å². The fourth-order valence-electron chi connectivity index (χ4n) is 2.81. The molecule has 156 valence electrons. The van der Waals surface area contributed by atoms with Crippen LogP contribution in [0.3, 0.4) is 0 Å². The predicted molar refractivity (Wildman–Crippen MR) is 116 cm³/mol. The Morgan fingerprint density at radius 2 is 1.86 bits per heavy atom. The van der Waals surface area contributed by atoms with Crippen molar-refractivity contribution < 1.29 is 19.4 Å². The van der Waals surface area contributed by atoms with Crippen molar-refractivity contribution in [2.75, 3.05) is 27.3 Å². The van der Waals surface area contributed by atoms with Gasteiger partial charge in [-0.2, -0.15) is 0 Å². The number of likely N-dealkylation sites (N-methyl/N-ethyl adjacent to an activating group) is 1. The van der Waals surface area contributed by atoms with E-state index in [4.69, 9.17) is 9.47 Å². The normalized spacial score (nSPS) is 10.9. The van der Waals surface area contributed by atoms with E-state index in [2.05, 4.69) is 6.92 Å². The number of ether oxygens (including phenoxy) is 2. The molecule has 0 aliphatic rings. The molecular formula is C24H31NO4. The number of unbranched alkanes of at least 4 members (excludes halogenated alkanes) is 2. The third-order valence-electron chi connectivity index (χ3n) is 4.66. The van der Waals surface area contributed by atoms with Crippen molar-refractivity contribution in [2.24, 2.45) is 0 Å². The third-order valence-corrected chi connectivity index (χ3v) is 4.66. The van der Waals surface area contributed by atoms with Crippen molar-refractivity contribution >= 4 is 12.0 Å². The van der Waals surface area contributed by atoms with Gasteiger partial charge in [0.15, 0.2) is 11.5 Å². The third kappa shape index (κ3) is 7.53. The van der Waals surface area contributed by atoms with Crippen LogP contribution in [0.2, 0.25) is 0 Å². The highest BCUT2D eigenvalue weighted by molar-refractivity contribution is 5.91. The Morgan fingerprint density at radius 3 is 2.55 bits per heavy atom. The van der Waals surface area contributed by atoms with Gasteiger partial charge in [0.2, 0.25) is 5.91 Å². The van der Waals surface area contributed by atoms with E-state index in [0.717, 1.165) is 36.8 Å². The summed E-state index contributed by atoms with van der Waals surface area (Å²) in [4.78, 5) is 14.1. The van der Waals surface area contributed by atoms with Crippen LogP contribution >= 0.6 is 0 Å². The molecule has 0 fully saturated rings. The van der Waals surface area contributed by atoms with Gasteiger partial charge < -0.3 is 19.5 Å². The number of phenolic OH excluding ortho intramolecular Hbond substituents is 1. The molecule has 5 nitrogen and oxygen atoms in total. The standard InChI is InChI=1S/C24H31NO4/c1-4-5-6-17-29-23-18-20(9-13-22(23)28-3)10-14-24(27)25(2)16-15-19-7-11-21(26)12-8-19/h7-14,18,26H,4-6,15-17H2,1-3H3. The maximum Gasteiger partial charge on any atom is 0.246 e. The second kappa shape index (κ2) is 11.8. The SMILES string of the molecule is CCCCCOc1cc(C=CC(=O)N(C)CCc2ccc(O)cc2)ccc1OC. The van der Waals surface area contributed by atoms with Gasteiger partial charge in [0.05, 0.1) is 13.7 Å². The summed E-state index contributed by atoms with van der Waals surface area (Å²) in [6, 6.07) is 12.7. The van der Waals surface area contributed by atoms with Crippen molar-refractivity contribution in [3.05, 3.63) is 59.7 Å². The number of methoxy groups -OCH3 is 1. The van der Waals surface area contributed by atoms with Gasteiger partial charge in [-0.25, -0.2) is 0 Å². The number of carbonyl (C=O) groups is 1. The quantitative estimate of drug-likeness (QED) is 0.442. The number of aromatic hydroxyl groups is 1. The fourth-order valence-corrected chi connectivity index (χ4v) is 2.81. The van der Waals surface area contributed by atoms with Crippen LogP contribution in [0.5, 0.6) is 17.2 Å². The molecule has 0 heterocycles. The minimum Gasteiger partial charge on any atom is -0.508 e. The summed E-state index contributed by atoms with van der Waals surface area (Å²) in [6.07, 6.45) is 7.37. The van der Waals surface area contributed by atoms with Gasteiger partial charge in [0.1, 0.15) is 5.75 Å². The lowest BCUT2D eigenvalue weighted by Gasteiger charge is -2.15. The van der Waals surface area contributed by atoms with Crippen LogP contribution in [0.1, 0.15) is 37.3 Å². The Hall–Kier alpha value is -2.95. The molecule has 1 amide bonds. The number of nitrogens with zero attached hydrogens (tertiary/aromatic N) is 1. The Labute approximate surface area is 173 Å². The number of benzene rings is 2. The molecule has 1 N–H and O–H groups in total. The smallest absolute Gasteiger partial charge is 0.246 e. The lowest BCUT2D eigenvalue weighted by molar-refractivity contribution is -0.124. The maximum absolute atomic E-state index is 12.4. The summed E-state index contributed by atoms with van der Waals surface area (Å²) in [5, 5.41) is 9.33. The van der Waals surface area contributed by atoms with Gasteiger partial charge in [0, 0.05) is 19.7 Å². The average molecular weight is 398 g/mol. The van der Waals surface area contributed by atoms with Crippen LogP contribution in [0, 0.1) is 0 Å². The van der Waals surface area contributed by atoms with Crippen LogP contribution in [0.4, 0.5) is 0 Å². The molecule has 0 aliphatic carbocycles. The number of hydrogen-bond acceptors (Lipinski definition) is 4. The number of phenols is 1. The summed E-state index contributed by atoms with van der Waals surface area (Å²) in [6.45, 7) is 3.41. The molecule has 29 heavy (non-hydrogen) atoms. The molecule has 2 aromatic carbocycles. The molecule has 2 aromatic rings. The zero-order valence-corrected chi connectivity index (χ0v) is 17.6. The van der Waals surface area contributed by atoms with Gasteiger partial charge >= 0.3 is 0 Å². The number of rotatable bonds is 11. The number of hydrogen-bond donors (Lipinski definition) is 1. The lowest BCUT2D eigenvalue weighted by Crippen LogP contribution is -2.27. The molecule has 0 aromatic heterocycles. The molecule has 0 saturated heterocycles. The van der Waals surface area contributed by atoms with Crippen LogP contribution in [-0.4, -0.2) is 43.2 Å². The number of amides is 1. The van der Waals surface area contributed by atoms with Crippen molar-refractivity contribution in [2.45, 2.75) is 32.6 Å². The van der Waals surface area contributed by atoms with Gasteiger partial charge in [-0.05, 0) is 54.3 Å². The summed E-state index contributed by atoms with van der Waals surface area (Å²) < 4.78 is 11.2. The molecule has 0 saturated carbocycles. The lowest BCUT2D eigenvalue weighted by atomic mass is 10.1. The molecule has 0 unspecified atom stereocenters. The zero-order valence-electron chi connectivity index (χ0n) is 17.6. The van der Waals surface area contributed by atoms with Crippen LogP contribution in [-0.2, 0) is 11.2 Å². The highest BCUT2D eigenvalue weighted by Crippen LogP contribution is 2.28. The Kier molecular flexibility index (Phi) is 9.09. The van der Waals surface area contributed by atoms with Crippen molar-refractivity contribution in [1.82, 2.24) is 4.90 Å². The van der Waals surface area contributed by atoms with E-state index in [-0.39, 0.29) is 11.7 Å². The summed E-state index contributed by atoms with van der Waals surface area (Å²) >= 11 is 0. The zero-order chi connectivity index (χ0) is 21.1. The second-order valence-corrected chi connectivity index (χ2v) is 6.98. The molecule has 5 heteroatoms. The molecule has 0 radical (unpaired) electrons. The van der Waals surface area contributed by atoms with E-state index >= 15 is 0 Å². The molecule has 0 bridgehead atoms. The first kappa shape index (κ1) is 22.3. The molecule has 0 aliphatic heterocycles. The molecular weight excluding hydrogens is 366 g/mol. The van der Waals surface area contributed by atoms with Gasteiger partial charge in [-0.1, -0.05) is 38.0 Å². The predicted octanol–water partition coefficient (Wildman–Crippen LogP) is 4.68. The van der Waals surface area contributed by atoms with Crippen LogP contribution < -0.4 is 9.47 Å². The minimum absolute atomic E-state index is 0.0648. The topological polar surface area (TPSA) is 59.0 Å². The Morgan fingerprint density at radius 1 is 1.10 bits per heavy atom. The van der Waals surface area contributed by atoms with E-state index in [1.807, 2.05) is 30.3 Å². The van der Waals surface area contributed by atoms with Crippen molar-refractivity contribution in [3.8, 4) is 17.2 Å². The average Bonchev–Trinajstić information content (AvgIpc) is 2.74.